The van der Waals surface area contributed by atoms with Gasteiger partial charge in [0.1, 0.15) is 6.10 Å². The van der Waals surface area contributed by atoms with Gasteiger partial charge in [-0.05, 0) is 19.3 Å². The summed E-state index contributed by atoms with van der Waals surface area (Å²) < 4.78 is 5.69. The lowest BCUT2D eigenvalue weighted by atomic mass is 10.0. The lowest BCUT2D eigenvalue weighted by molar-refractivity contribution is -0.137. The first-order chi connectivity index (χ1) is 11.4. The molecule has 0 aliphatic carbocycles. The molecule has 1 rings (SSSR count). The van der Waals surface area contributed by atoms with Crippen LogP contribution in [0.4, 0.5) is 0 Å². The molecule has 0 amide bonds. The monoisotopic (exact) mass is 344 g/mol. The highest BCUT2D eigenvalue weighted by Crippen LogP contribution is 2.26. The molecule has 1 aliphatic heterocycles. The predicted molar refractivity (Wildman–Crippen MR) is 90.7 cm³/mol. The molecule has 0 bridgehead atoms. The van der Waals surface area contributed by atoms with Crippen LogP contribution >= 0.6 is 0 Å². The molecule has 0 aromatic carbocycles. The number of rotatable bonds is 12. The summed E-state index contributed by atoms with van der Waals surface area (Å²) in [5.74, 6) is -0.752. The van der Waals surface area contributed by atoms with E-state index in [2.05, 4.69) is 0 Å². The number of hydrogen-bond donors (Lipinski definition) is 4. The SMILES string of the molecule is CC[C@H](O)/C=C/[C@H]1O[C@H]([C@H](O)CCCCCCCC(=O)O)C[C@@H]1O. The van der Waals surface area contributed by atoms with Gasteiger partial charge in [0.25, 0.3) is 0 Å². The quantitative estimate of drug-likeness (QED) is 0.319. The van der Waals surface area contributed by atoms with Crippen LogP contribution < -0.4 is 0 Å². The second-order valence-corrected chi connectivity index (χ2v) is 6.57. The van der Waals surface area contributed by atoms with Crippen LogP contribution in [0.3, 0.4) is 0 Å². The van der Waals surface area contributed by atoms with Crippen molar-refractivity contribution >= 4 is 5.97 Å². The maximum absolute atomic E-state index is 10.4. The molecule has 1 fully saturated rings. The van der Waals surface area contributed by atoms with E-state index in [1.165, 1.54) is 0 Å². The molecule has 0 saturated carbocycles. The third-order valence-corrected chi connectivity index (χ3v) is 4.45. The van der Waals surface area contributed by atoms with E-state index >= 15 is 0 Å². The minimum absolute atomic E-state index is 0.220. The van der Waals surface area contributed by atoms with Crippen molar-refractivity contribution in [1.29, 1.82) is 0 Å². The molecule has 0 aromatic heterocycles. The smallest absolute Gasteiger partial charge is 0.303 e. The summed E-state index contributed by atoms with van der Waals surface area (Å²) in [5.41, 5.74) is 0. The number of unbranched alkanes of at least 4 members (excludes halogenated alkanes) is 4. The zero-order valence-corrected chi connectivity index (χ0v) is 14.5. The van der Waals surface area contributed by atoms with Crippen LogP contribution in [0.2, 0.25) is 0 Å². The van der Waals surface area contributed by atoms with E-state index in [0.717, 1.165) is 25.7 Å². The zero-order chi connectivity index (χ0) is 17.9. The fraction of sp³-hybridized carbons (Fsp3) is 0.833. The van der Waals surface area contributed by atoms with E-state index in [9.17, 15) is 20.1 Å². The molecule has 1 heterocycles. The normalized spacial score (nSPS) is 26.8. The van der Waals surface area contributed by atoms with Gasteiger partial charge < -0.3 is 25.2 Å². The summed E-state index contributed by atoms with van der Waals surface area (Å²) in [4.78, 5) is 10.4. The summed E-state index contributed by atoms with van der Waals surface area (Å²) in [6.45, 7) is 1.87. The number of aliphatic hydroxyl groups excluding tert-OH is 3. The molecule has 0 aromatic rings. The van der Waals surface area contributed by atoms with Crippen molar-refractivity contribution in [1.82, 2.24) is 0 Å². The van der Waals surface area contributed by atoms with Crippen molar-refractivity contribution in [2.45, 2.75) is 95.2 Å². The molecule has 0 unspecified atom stereocenters. The van der Waals surface area contributed by atoms with Crippen LogP contribution in [0.1, 0.15) is 64.7 Å². The Morgan fingerprint density at radius 2 is 1.88 bits per heavy atom. The topological polar surface area (TPSA) is 107 Å². The standard InChI is InChI=1S/C18H32O6/c1-2-13(19)10-11-16-15(21)12-17(24-16)14(20)8-6-4-3-5-7-9-18(22)23/h10-11,13-17,19-21H,2-9,12H2,1H3,(H,22,23)/b11-10+/t13-,14+,15-,16+,17-/m0/s1. The molecule has 1 saturated heterocycles. The molecule has 24 heavy (non-hydrogen) atoms. The summed E-state index contributed by atoms with van der Waals surface area (Å²) >= 11 is 0. The Morgan fingerprint density at radius 3 is 2.54 bits per heavy atom. The number of aliphatic carboxylic acids is 1. The highest BCUT2D eigenvalue weighted by molar-refractivity contribution is 5.66. The van der Waals surface area contributed by atoms with Gasteiger partial charge in [0, 0.05) is 12.8 Å². The van der Waals surface area contributed by atoms with E-state index in [0.29, 0.717) is 25.7 Å². The lowest BCUT2D eigenvalue weighted by Crippen LogP contribution is -2.26. The van der Waals surface area contributed by atoms with E-state index in [1.807, 2.05) is 6.92 Å². The van der Waals surface area contributed by atoms with Gasteiger partial charge in [-0.2, -0.15) is 0 Å². The van der Waals surface area contributed by atoms with Crippen LogP contribution in [0.5, 0.6) is 0 Å². The average molecular weight is 344 g/mol. The first kappa shape index (κ1) is 21.1. The Kier molecular flexibility index (Phi) is 10.2. The second-order valence-electron chi connectivity index (χ2n) is 6.57. The third-order valence-electron chi connectivity index (χ3n) is 4.45. The Balaban J connectivity index is 2.18. The van der Waals surface area contributed by atoms with E-state index in [1.54, 1.807) is 12.2 Å². The van der Waals surface area contributed by atoms with Crippen LogP contribution in [0.25, 0.3) is 0 Å². The van der Waals surface area contributed by atoms with Crippen molar-refractivity contribution in [3.8, 4) is 0 Å². The Hall–Kier alpha value is -0.950. The van der Waals surface area contributed by atoms with Crippen molar-refractivity contribution in [3.05, 3.63) is 12.2 Å². The molecule has 6 heteroatoms. The highest BCUT2D eigenvalue weighted by Gasteiger charge is 2.36. The molecule has 0 spiro atoms. The highest BCUT2D eigenvalue weighted by atomic mass is 16.5. The van der Waals surface area contributed by atoms with Crippen LogP contribution in [-0.2, 0) is 9.53 Å². The minimum atomic E-state index is -0.752. The molecular weight excluding hydrogens is 312 g/mol. The van der Waals surface area contributed by atoms with Crippen LogP contribution in [0, 0.1) is 0 Å². The molecule has 140 valence electrons. The number of carboxylic acids is 1. The van der Waals surface area contributed by atoms with Gasteiger partial charge >= 0.3 is 5.97 Å². The number of carbonyl (C=O) groups is 1. The van der Waals surface area contributed by atoms with E-state index in [4.69, 9.17) is 9.84 Å². The Bertz CT molecular complexity index is 384. The summed E-state index contributed by atoms with van der Waals surface area (Å²) in [6.07, 6.45) is 6.89. The number of aliphatic hydroxyl groups is 3. The zero-order valence-electron chi connectivity index (χ0n) is 14.5. The van der Waals surface area contributed by atoms with Gasteiger partial charge in [-0.3, -0.25) is 4.79 Å². The van der Waals surface area contributed by atoms with Gasteiger partial charge in [0.15, 0.2) is 0 Å². The van der Waals surface area contributed by atoms with Crippen molar-refractivity contribution in [2.75, 3.05) is 0 Å². The molecule has 1 aliphatic rings. The Morgan fingerprint density at radius 1 is 1.21 bits per heavy atom. The van der Waals surface area contributed by atoms with Gasteiger partial charge in [-0.15, -0.1) is 0 Å². The van der Waals surface area contributed by atoms with Crippen LogP contribution in [0.15, 0.2) is 12.2 Å². The Labute approximate surface area is 144 Å². The number of carboxylic acid groups (broad SMARTS) is 1. The van der Waals surface area contributed by atoms with Crippen molar-refractivity contribution in [3.63, 3.8) is 0 Å². The molecule has 4 N–H and O–H groups in total. The van der Waals surface area contributed by atoms with E-state index < -0.39 is 30.4 Å². The second kappa shape index (κ2) is 11.6. The summed E-state index contributed by atoms with van der Waals surface area (Å²) in [7, 11) is 0. The minimum Gasteiger partial charge on any atom is -0.481 e. The van der Waals surface area contributed by atoms with Crippen molar-refractivity contribution in [2.24, 2.45) is 0 Å². The predicted octanol–water partition coefficient (Wildman–Crippen LogP) is 2.01. The van der Waals surface area contributed by atoms with E-state index in [-0.39, 0.29) is 12.5 Å². The first-order valence-electron chi connectivity index (χ1n) is 9.03. The molecule has 6 nitrogen and oxygen atoms in total. The maximum atomic E-state index is 10.4. The third kappa shape index (κ3) is 8.24. The van der Waals surface area contributed by atoms with Gasteiger partial charge in [0.2, 0.25) is 0 Å². The lowest BCUT2D eigenvalue weighted by Gasteiger charge is -2.18. The first-order valence-corrected chi connectivity index (χ1v) is 9.03. The fourth-order valence-corrected chi connectivity index (χ4v) is 2.86. The summed E-state index contributed by atoms with van der Waals surface area (Å²) in [5, 5.41) is 38.2. The molecule has 5 atom stereocenters. The number of hydrogen-bond acceptors (Lipinski definition) is 5. The molecular formula is C18H32O6. The largest absolute Gasteiger partial charge is 0.481 e. The van der Waals surface area contributed by atoms with Gasteiger partial charge in [-0.1, -0.05) is 44.8 Å². The van der Waals surface area contributed by atoms with Crippen LogP contribution in [-0.4, -0.2) is 56.9 Å². The summed E-state index contributed by atoms with van der Waals surface area (Å²) in [6, 6.07) is 0. The average Bonchev–Trinajstić information content (AvgIpc) is 2.92. The van der Waals surface area contributed by atoms with Crippen molar-refractivity contribution < 1.29 is 30.0 Å². The molecule has 0 radical (unpaired) electrons. The van der Waals surface area contributed by atoms with Gasteiger partial charge in [0.05, 0.1) is 24.4 Å². The van der Waals surface area contributed by atoms with Gasteiger partial charge in [-0.25, -0.2) is 0 Å². The fourth-order valence-electron chi connectivity index (χ4n) is 2.86. The maximum Gasteiger partial charge on any atom is 0.303 e. The number of ether oxygens (including phenoxy) is 1.